The van der Waals surface area contributed by atoms with Crippen LogP contribution in [0.4, 0.5) is 13.2 Å². The van der Waals surface area contributed by atoms with Crippen molar-refractivity contribution in [3.8, 4) is 0 Å². The molecule has 1 N–H and O–H groups in total. The third kappa shape index (κ3) is 5.34. The van der Waals surface area contributed by atoms with E-state index in [1.165, 1.54) is 0 Å². The van der Waals surface area contributed by atoms with E-state index in [9.17, 15) is 22.8 Å². The number of amides is 1. The quantitative estimate of drug-likeness (QED) is 0.835. The van der Waals surface area contributed by atoms with Crippen LogP contribution in [0.25, 0.3) is 0 Å². The van der Waals surface area contributed by atoms with Gasteiger partial charge in [-0.1, -0.05) is 30.3 Å². The van der Waals surface area contributed by atoms with Crippen molar-refractivity contribution < 1.29 is 27.5 Å². The highest BCUT2D eigenvalue weighted by Gasteiger charge is 2.30. The monoisotopic (exact) mass is 351 g/mol. The van der Waals surface area contributed by atoms with Gasteiger partial charge in [-0.3, -0.25) is 4.79 Å². The summed E-state index contributed by atoms with van der Waals surface area (Å²) in [5.74, 6) is -1.37. The Balaban J connectivity index is 1.86. The minimum Gasteiger partial charge on any atom is -0.452 e. The number of nitrogens with one attached hydrogen (secondary N) is 1. The van der Waals surface area contributed by atoms with Gasteiger partial charge in [0.1, 0.15) is 0 Å². The lowest BCUT2D eigenvalue weighted by Crippen LogP contribution is -2.31. The SMILES string of the molecule is C[C@@H](NC(=O)COC(=O)c1ccc(C(F)(F)F)cc1)c1ccccc1. The van der Waals surface area contributed by atoms with Crippen molar-refractivity contribution >= 4 is 11.9 Å². The second-order valence-corrected chi connectivity index (χ2v) is 5.35. The van der Waals surface area contributed by atoms with Crippen molar-refractivity contribution in [1.29, 1.82) is 0 Å². The maximum Gasteiger partial charge on any atom is 0.416 e. The molecule has 0 aromatic heterocycles. The third-order valence-electron chi connectivity index (χ3n) is 3.46. The van der Waals surface area contributed by atoms with Gasteiger partial charge in [0, 0.05) is 0 Å². The molecular formula is C18H16F3NO3. The molecule has 132 valence electrons. The Morgan fingerprint density at radius 3 is 2.20 bits per heavy atom. The first-order valence-corrected chi connectivity index (χ1v) is 7.46. The fourth-order valence-corrected chi connectivity index (χ4v) is 2.12. The molecule has 2 aromatic carbocycles. The number of benzene rings is 2. The lowest BCUT2D eigenvalue weighted by atomic mass is 10.1. The van der Waals surface area contributed by atoms with Gasteiger partial charge in [-0.05, 0) is 36.8 Å². The molecule has 7 heteroatoms. The Morgan fingerprint density at radius 2 is 1.64 bits per heavy atom. The molecule has 4 nitrogen and oxygen atoms in total. The van der Waals surface area contributed by atoms with Crippen LogP contribution in [0.3, 0.4) is 0 Å². The zero-order valence-electron chi connectivity index (χ0n) is 13.3. The number of rotatable bonds is 5. The molecule has 0 radical (unpaired) electrons. The van der Waals surface area contributed by atoms with Gasteiger partial charge in [0.15, 0.2) is 6.61 Å². The van der Waals surface area contributed by atoms with Crippen LogP contribution in [0.1, 0.15) is 34.5 Å². The van der Waals surface area contributed by atoms with Gasteiger partial charge >= 0.3 is 12.1 Å². The average Bonchev–Trinajstić information content (AvgIpc) is 2.59. The number of carbonyl (C=O) groups is 2. The molecule has 0 fully saturated rings. The topological polar surface area (TPSA) is 55.4 Å². The van der Waals surface area contributed by atoms with Gasteiger partial charge in [0.25, 0.3) is 5.91 Å². The van der Waals surface area contributed by atoms with Crippen LogP contribution in [0.5, 0.6) is 0 Å². The van der Waals surface area contributed by atoms with Gasteiger partial charge < -0.3 is 10.1 Å². The number of alkyl halides is 3. The average molecular weight is 351 g/mol. The molecule has 0 spiro atoms. The second-order valence-electron chi connectivity index (χ2n) is 5.35. The molecule has 0 bridgehead atoms. The van der Waals surface area contributed by atoms with Gasteiger partial charge in [-0.15, -0.1) is 0 Å². The van der Waals surface area contributed by atoms with E-state index in [1.54, 1.807) is 6.92 Å². The van der Waals surface area contributed by atoms with Crippen molar-refractivity contribution in [3.05, 3.63) is 71.3 Å². The Labute approximate surface area is 142 Å². The van der Waals surface area contributed by atoms with Crippen molar-refractivity contribution in [2.24, 2.45) is 0 Å². The predicted octanol–water partition coefficient (Wildman–Crippen LogP) is 3.74. The molecule has 0 aliphatic carbocycles. The molecule has 0 saturated carbocycles. The number of hydrogen-bond donors (Lipinski definition) is 1. The molecule has 25 heavy (non-hydrogen) atoms. The van der Waals surface area contributed by atoms with Gasteiger partial charge in [0.05, 0.1) is 17.2 Å². The number of esters is 1. The molecule has 2 aromatic rings. The second kappa shape index (κ2) is 7.83. The van der Waals surface area contributed by atoms with Crippen LogP contribution in [0.2, 0.25) is 0 Å². The lowest BCUT2D eigenvalue weighted by molar-refractivity contribution is -0.137. The summed E-state index contributed by atoms with van der Waals surface area (Å²) in [6, 6.07) is 12.5. The highest BCUT2D eigenvalue weighted by atomic mass is 19.4. The first kappa shape index (κ1) is 18.5. The summed E-state index contributed by atoms with van der Waals surface area (Å²) in [6.07, 6.45) is -4.48. The molecule has 1 atom stereocenters. The summed E-state index contributed by atoms with van der Waals surface area (Å²) in [7, 11) is 0. The molecule has 0 aliphatic heterocycles. The maximum atomic E-state index is 12.5. The van der Waals surface area contributed by atoms with E-state index in [2.05, 4.69) is 5.32 Å². The van der Waals surface area contributed by atoms with E-state index in [0.717, 1.165) is 29.8 Å². The molecule has 0 heterocycles. The zero-order chi connectivity index (χ0) is 18.4. The van der Waals surface area contributed by atoms with E-state index in [4.69, 9.17) is 4.74 Å². The Kier molecular flexibility index (Phi) is 5.80. The van der Waals surface area contributed by atoms with Gasteiger partial charge in [-0.2, -0.15) is 13.2 Å². The highest BCUT2D eigenvalue weighted by molar-refractivity contribution is 5.91. The molecule has 0 unspecified atom stereocenters. The Bertz CT molecular complexity index is 727. The number of ether oxygens (including phenoxy) is 1. The normalized spacial score (nSPS) is 12.3. The smallest absolute Gasteiger partial charge is 0.416 e. The Morgan fingerprint density at radius 1 is 1.04 bits per heavy atom. The molecular weight excluding hydrogens is 335 g/mol. The molecule has 0 saturated heterocycles. The van der Waals surface area contributed by atoms with Gasteiger partial charge in [-0.25, -0.2) is 4.79 Å². The highest BCUT2D eigenvalue weighted by Crippen LogP contribution is 2.29. The van der Waals surface area contributed by atoms with Crippen LogP contribution in [0, 0.1) is 0 Å². The predicted molar refractivity (Wildman–Crippen MR) is 84.7 cm³/mol. The van der Waals surface area contributed by atoms with Crippen molar-refractivity contribution in [2.75, 3.05) is 6.61 Å². The van der Waals surface area contributed by atoms with E-state index in [1.807, 2.05) is 30.3 Å². The molecule has 0 aliphatic rings. The minimum absolute atomic E-state index is 0.0584. The van der Waals surface area contributed by atoms with E-state index >= 15 is 0 Å². The summed E-state index contributed by atoms with van der Waals surface area (Å²) >= 11 is 0. The molecule has 2 rings (SSSR count). The standard InChI is InChI=1S/C18H16F3NO3/c1-12(13-5-3-2-4-6-13)22-16(23)11-25-17(24)14-7-9-15(10-8-14)18(19,20)21/h2-10,12H,11H2,1H3,(H,22,23)/t12-/m1/s1. The lowest BCUT2D eigenvalue weighted by Gasteiger charge is -2.14. The number of halogens is 3. The van der Waals surface area contributed by atoms with Crippen LogP contribution >= 0.6 is 0 Å². The van der Waals surface area contributed by atoms with E-state index in [0.29, 0.717) is 0 Å². The summed E-state index contributed by atoms with van der Waals surface area (Å²) in [4.78, 5) is 23.6. The Hall–Kier alpha value is -2.83. The number of hydrogen-bond acceptors (Lipinski definition) is 3. The summed E-state index contributed by atoms with van der Waals surface area (Å²) in [5, 5.41) is 2.67. The summed E-state index contributed by atoms with van der Waals surface area (Å²) in [6.45, 7) is 1.27. The summed E-state index contributed by atoms with van der Waals surface area (Å²) < 4.78 is 42.2. The first-order chi connectivity index (χ1) is 11.8. The minimum atomic E-state index is -4.48. The van der Waals surface area contributed by atoms with Crippen molar-refractivity contribution in [1.82, 2.24) is 5.32 Å². The van der Waals surface area contributed by atoms with Crippen LogP contribution in [-0.4, -0.2) is 18.5 Å². The number of carbonyl (C=O) groups excluding carboxylic acids is 2. The van der Waals surface area contributed by atoms with E-state index < -0.39 is 30.2 Å². The van der Waals surface area contributed by atoms with Gasteiger partial charge in [0.2, 0.25) is 0 Å². The molecule has 1 amide bonds. The van der Waals surface area contributed by atoms with E-state index in [-0.39, 0.29) is 11.6 Å². The summed E-state index contributed by atoms with van der Waals surface area (Å²) in [5.41, 5.74) is -0.0275. The van der Waals surface area contributed by atoms with Crippen molar-refractivity contribution in [2.45, 2.75) is 19.1 Å². The maximum absolute atomic E-state index is 12.5. The third-order valence-corrected chi connectivity index (χ3v) is 3.46. The fraction of sp³-hybridized carbons (Fsp3) is 0.222. The van der Waals surface area contributed by atoms with Crippen LogP contribution < -0.4 is 5.32 Å². The zero-order valence-corrected chi connectivity index (χ0v) is 13.3. The van der Waals surface area contributed by atoms with Crippen LogP contribution in [0.15, 0.2) is 54.6 Å². The van der Waals surface area contributed by atoms with Crippen molar-refractivity contribution in [3.63, 3.8) is 0 Å². The fourth-order valence-electron chi connectivity index (χ4n) is 2.12. The first-order valence-electron chi connectivity index (χ1n) is 7.46. The largest absolute Gasteiger partial charge is 0.452 e. The van der Waals surface area contributed by atoms with Crippen LogP contribution in [-0.2, 0) is 15.7 Å².